The topological polar surface area (TPSA) is 54.0 Å². The first-order valence-electron chi connectivity index (χ1n) is 10.4. The van der Waals surface area contributed by atoms with Crippen LogP contribution in [0.5, 0.6) is 11.5 Å². The van der Waals surface area contributed by atoms with E-state index in [0.29, 0.717) is 24.2 Å². The lowest BCUT2D eigenvalue weighted by molar-refractivity contribution is -0.150. The number of alkyl halides is 1. The molecule has 2 rings (SSSR count). The maximum Gasteiger partial charge on any atom is 0.303 e. The fourth-order valence-corrected chi connectivity index (χ4v) is 3.20. The Morgan fingerprint density at radius 1 is 0.903 bits per heavy atom. The lowest BCUT2D eigenvalue weighted by Crippen LogP contribution is -2.28. The standard InChI is InChI=1S/C25H33ClO5/c1-18(14-26)15-29-22-10-6-20(7-11-22)25(3,4)21-8-12-23(13-9-21)30-17-24(16-28-5)31-19(2)27/h6-13,18,24H,14-17H2,1-5H3/t18-,24+/m0/s1. The van der Waals surface area contributed by atoms with Crippen LogP contribution in [-0.2, 0) is 19.7 Å². The summed E-state index contributed by atoms with van der Waals surface area (Å²) >= 11 is 5.84. The summed E-state index contributed by atoms with van der Waals surface area (Å²) in [6.07, 6.45) is -0.438. The lowest BCUT2D eigenvalue weighted by atomic mass is 9.78. The van der Waals surface area contributed by atoms with Crippen molar-refractivity contribution >= 4 is 17.6 Å². The molecule has 0 aliphatic rings. The zero-order valence-corrected chi connectivity index (χ0v) is 19.8. The van der Waals surface area contributed by atoms with Crippen LogP contribution in [0.4, 0.5) is 0 Å². The van der Waals surface area contributed by atoms with E-state index in [1.54, 1.807) is 7.11 Å². The third-order valence-corrected chi connectivity index (χ3v) is 5.60. The Bertz CT molecular complexity index is 802. The fourth-order valence-electron chi connectivity index (χ4n) is 3.11. The number of methoxy groups -OCH3 is 1. The molecule has 0 aliphatic carbocycles. The van der Waals surface area contributed by atoms with Gasteiger partial charge in [-0.2, -0.15) is 0 Å². The molecule has 0 fully saturated rings. The summed E-state index contributed by atoms with van der Waals surface area (Å²) in [5, 5.41) is 0. The molecule has 2 aromatic rings. The van der Waals surface area contributed by atoms with Crippen molar-refractivity contribution in [2.45, 2.75) is 39.2 Å². The van der Waals surface area contributed by atoms with Crippen LogP contribution in [0.15, 0.2) is 48.5 Å². The van der Waals surface area contributed by atoms with Crippen LogP contribution in [0.25, 0.3) is 0 Å². The van der Waals surface area contributed by atoms with Gasteiger partial charge in [0.1, 0.15) is 18.1 Å². The largest absolute Gasteiger partial charge is 0.493 e. The summed E-state index contributed by atoms with van der Waals surface area (Å²) in [5.41, 5.74) is 2.17. The second-order valence-electron chi connectivity index (χ2n) is 8.24. The molecule has 0 bridgehead atoms. The molecule has 170 valence electrons. The van der Waals surface area contributed by atoms with Gasteiger partial charge in [-0.25, -0.2) is 0 Å². The Morgan fingerprint density at radius 3 is 1.81 bits per heavy atom. The van der Waals surface area contributed by atoms with Gasteiger partial charge in [-0.15, -0.1) is 11.6 Å². The highest BCUT2D eigenvalue weighted by Gasteiger charge is 2.23. The molecule has 0 saturated carbocycles. The van der Waals surface area contributed by atoms with Crippen LogP contribution in [0, 0.1) is 5.92 Å². The molecule has 2 aromatic carbocycles. The van der Waals surface area contributed by atoms with Gasteiger partial charge in [-0.05, 0) is 35.4 Å². The number of carbonyl (C=O) groups is 1. The SMILES string of the molecule is COC[C@H](COc1ccc(C(C)(C)c2ccc(OC[C@@H](C)CCl)cc2)cc1)OC(C)=O. The van der Waals surface area contributed by atoms with Crippen molar-refractivity contribution in [2.24, 2.45) is 5.92 Å². The first-order chi connectivity index (χ1) is 14.8. The number of rotatable bonds is 12. The zero-order valence-electron chi connectivity index (χ0n) is 19.0. The second-order valence-corrected chi connectivity index (χ2v) is 8.55. The number of ether oxygens (including phenoxy) is 4. The van der Waals surface area contributed by atoms with Gasteiger partial charge in [-0.1, -0.05) is 45.0 Å². The van der Waals surface area contributed by atoms with E-state index in [9.17, 15) is 4.79 Å². The van der Waals surface area contributed by atoms with Gasteiger partial charge >= 0.3 is 5.97 Å². The predicted octanol–water partition coefficient (Wildman–Crippen LogP) is 5.22. The molecular formula is C25H33ClO5. The van der Waals surface area contributed by atoms with Gasteiger partial charge < -0.3 is 18.9 Å². The first kappa shape index (κ1) is 25.0. The molecular weight excluding hydrogens is 416 g/mol. The number of benzene rings is 2. The summed E-state index contributed by atoms with van der Waals surface area (Å²) in [4.78, 5) is 11.2. The molecule has 0 radical (unpaired) electrons. The maximum absolute atomic E-state index is 11.2. The quantitative estimate of drug-likeness (QED) is 0.329. The Labute approximate surface area is 190 Å². The molecule has 6 heteroatoms. The van der Waals surface area contributed by atoms with Gasteiger partial charge in [-0.3, -0.25) is 4.79 Å². The van der Waals surface area contributed by atoms with E-state index >= 15 is 0 Å². The van der Waals surface area contributed by atoms with Crippen molar-refractivity contribution in [3.63, 3.8) is 0 Å². The highest BCUT2D eigenvalue weighted by atomic mass is 35.5. The highest BCUT2D eigenvalue weighted by molar-refractivity contribution is 6.18. The molecule has 0 spiro atoms. The van der Waals surface area contributed by atoms with Gasteiger partial charge in [0, 0.05) is 31.2 Å². The van der Waals surface area contributed by atoms with Crippen molar-refractivity contribution in [1.82, 2.24) is 0 Å². The van der Waals surface area contributed by atoms with E-state index in [1.807, 2.05) is 24.3 Å². The van der Waals surface area contributed by atoms with Gasteiger partial charge in [0.2, 0.25) is 0 Å². The summed E-state index contributed by atoms with van der Waals surface area (Å²) < 4.78 is 21.8. The minimum Gasteiger partial charge on any atom is -0.493 e. The van der Waals surface area contributed by atoms with Crippen molar-refractivity contribution in [3.05, 3.63) is 59.7 Å². The molecule has 5 nitrogen and oxygen atoms in total. The van der Waals surface area contributed by atoms with E-state index in [2.05, 4.69) is 45.0 Å². The van der Waals surface area contributed by atoms with Crippen molar-refractivity contribution < 1.29 is 23.7 Å². The van der Waals surface area contributed by atoms with Crippen molar-refractivity contribution in [2.75, 3.05) is 32.8 Å². The Kier molecular flexibility index (Phi) is 9.66. The van der Waals surface area contributed by atoms with Crippen LogP contribution < -0.4 is 9.47 Å². The highest BCUT2D eigenvalue weighted by Crippen LogP contribution is 2.33. The number of esters is 1. The van der Waals surface area contributed by atoms with Crippen LogP contribution in [0.3, 0.4) is 0 Å². The second kappa shape index (κ2) is 12.0. The Balaban J connectivity index is 2.01. The zero-order chi connectivity index (χ0) is 22.9. The van der Waals surface area contributed by atoms with E-state index in [-0.39, 0.29) is 24.6 Å². The predicted molar refractivity (Wildman–Crippen MR) is 123 cm³/mol. The molecule has 0 N–H and O–H groups in total. The molecule has 2 atom stereocenters. The number of halogens is 1. The normalized spacial score (nSPS) is 13.4. The fraction of sp³-hybridized carbons (Fsp3) is 0.480. The maximum atomic E-state index is 11.2. The lowest BCUT2D eigenvalue weighted by Gasteiger charge is -2.26. The summed E-state index contributed by atoms with van der Waals surface area (Å²) in [7, 11) is 1.56. The molecule has 0 amide bonds. The number of hydrogen-bond donors (Lipinski definition) is 0. The van der Waals surface area contributed by atoms with Crippen molar-refractivity contribution in [3.8, 4) is 11.5 Å². The van der Waals surface area contributed by atoms with Gasteiger partial charge in [0.25, 0.3) is 0 Å². The van der Waals surface area contributed by atoms with Crippen LogP contribution in [0.1, 0.15) is 38.8 Å². The Morgan fingerprint density at radius 2 is 1.39 bits per heavy atom. The van der Waals surface area contributed by atoms with E-state index in [1.165, 1.54) is 12.5 Å². The number of hydrogen-bond acceptors (Lipinski definition) is 5. The van der Waals surface area contributed by atoms with Gasteiger partial charge in [0.15, 0.2) is 6.10 Å². The number of carbonyl (C=O) groups excluding carboxylic acids is 1. The van der Waals surface area contributed by atoms with E-state index in [4.69, 9.17) is 30.5 Å². The third kappa shape index (κ3) is 7.75. The monoisotopic (exact) mass is 448 g/mol. The van der Waals surface area contributed by atoms with Crippen LogP contribution in [0.2, 0.25) is 0 Å². The average Bonchev–Trinajstić information content (AvgIpc) is 2.76. The molecule has 31 heavy (non-hydrogen) atoms. The van der Waals surface area contributed by atoms with Crippen molar-refractivity contribution in [1.29, 1.82) is 0 Å². The molecule has 0 saturated heterocycles. The van der Waals surface area contributed by atoms with Gasteiger partial charge in [0.05, 0.1) is 13.2 Å². The molecule has 0 aliphatic heterocycles. The van der Waals surface area contributed by atoms with E-state index in [0.717, 1.165) is 11.3 Å². The van der Waals surface area contributed by atoms with E-state index < -0.39 is 6.10 Å². The van der Waals surface area contributed by atoms with Crippen LogP contribution in [-0.4, -0.2) is 44.9 Å². The first-order valence-corrected chi connectivity index (χ1v) is 11.0. The minimum absolute atomic E-state index is 0.184. The third-order valence-electron chi connectivity index (χ3n) is 5.07. The Hall–Kier alpha value is -2.24. The molecule has 0 aromatic heterocycles. The molecule has 0 heterocycles. The summed E-state index contributed by atoms with van der Waals surface area (Å²) in [5.74, 6) is 2.11. The average molecular weight is 449 g/mol. The smallest absolute Gasteiger partial charge is 0.303 e. The van der Waals surface area contributed by atoms with Crippen LogP contribution >= 0.6 is 11.6 Å². The minimum atomic E-state index is -0.438. The summed E-state index contributed by atoms with van der Waals surface area (Å²) in [6, 6.07) is 16.2. The molecule has 0 unspecified atom stereocenters. The summed E-state index contributed by atoms with van der Waals surface area (Å²) in [6.45, 7) is 8.93.